The van der Waals surface area contributed by atoms with Crippen molar-refractivity contribution in [2.75, 3.05) is 13.2 Å². The van der Waals surface area contributed by atoms with Crippen LogP contribution in [0.4, 0.5) is 23.8 Å². The van der Waals surface area contributed by atoms with Crippen molar-refractivity contribution in [2.24, 2.45) is 5.16 Å². The normalized spacial score (nSPS) is 22.8. The maximum atomic E-state index is 14.1. The minimum absolute atomic E-state index is 0.105. The fourth-order valence-electron chi connectivity index (χ4n) is 4.60. The molecule has 1 fully saturated rings. The van der Waals surface area contributed by atoms with Crippen LogP contribution in [0.2, 0.25) is 0 Å². The summed E-state index contributed by atoms with van der Waals surface area (Å²) in [5.74, 6) is -0.225. The van der Waals surface area contributed by atoms with E-state index in [1.807, 2.05) is 0 Å². The summed E-state index contributed by atoms with van der Waals surface area (Å²) in [5.41, 5.74) is -1.03. The average molecular weight is 545 g/mol. The van der Waals surface area contributed by atoms with Gasteiger partial charge in [-0.25, -0.2) is 9.37 Å². The average Bonchev–Trinajstić information content (AvgIpc) is 3.43. The molecule has 37 heavy (non-hydrogen) atoms. The van der Waals surface area contributed by atoms with E-state index < -0.39 is 39.0 Å². The second-order valence-electron chi connectivity index (χ2n) is 9.00. The Morgan fingerprint density at radius 3 is 2.46 bits per heavy atom. The third kappa shape index (κ3) is 4.57. The number of nitrogens with zero attached hydrogens (tertiary/aromatic N) is 4. The number of benzene rings is 2. The summed E-state index contributed by atoms with van der Waals surface area (Å²) in [7, 11) is -10.1. The lowest BCUT2D eigenvalue weighted by atomic mass is 9.95. The number of piperidine rings is 1. The second-order valence-corrected chi connectivity index (χ2v) is 11.4. The molecule has 1 atom stereocenters. The van der Waals surface area contributed by atoms with Gasteiger partial charge in [-0.15, -0.1) is 0 Å². The number of amidine groups is 1. The predicted molar refractivity (Wildman–Crippen MR) is 127 cm³/mol. The van der Waals surface area contributed by atoms with E-state index in [4.69, 9.17) is 4.84 Å². The molecule has 0 aliphatic carbocycles. The Morgan fingerprint density at radius 1 is 1.11 bits per heavy atom. The van der Waals surface area contributed by atoms with Crippen molar-refractivity contribution in [2.45, 2.75) is 30.4 Å². The third-order valence-electron chi connectivity index (χ3n) is 6.33. The number of hydrogen-bond donors (Lipinski definition) is 1. The molecule has 0 radical (unpaired) electrons. The molecular weight excluding hydrogens is 522 g/mol. The first kappa shape index (κ1) is 25.2. The van der Waals surface area contributed by atoms with Crippen molar-refractivity contribution in [3.05, 3.63) is 83.2 Å². The summed E-state index contributed by atoms with van der Waals surface area (Å²) in [4.78, 5) is 9.07. The number of imidazole rings is 1. The van der Waals surface area contributed by atoms with Crippen molar-refractivity contribution in [3.63, 3.8) is 0 Å². The maximum absolute atomic E-state index is 14.1. The zero-order chi connectivity index (χ0) is 26.7. The van der Waals surface area contributed by atoms with E-state index in [1.165, 1.54) is 49.5 Å². The van der Waals surface area contributed by atoms with Gasteiger partial charge in [0.25, 0.3) is 5.72 Å². The van der Waals surface area contributed by atoms with Gasteiger partial charge in [0.1, 0.15) is 17.3 Å². The Balaban J connectivity index is 1.56. The molecule has 6 nitrogen and oxygen atoms in total. The van der Waals surface area contributed by atoms with Crippen molar-refractivity contribution in [1.82, 2.24) is 14.5 Å². The highest BCUT2D eigenvalue weighted by atomic mass is 32.5. The van der Waals surface area contributed by atoms with Gasteiger partial charge in [-0.3, -0.25) is 0 Å². The summed E-state index contributed by atoms with van der Waals surface area (Å²) < 4.78 is 84.8. The first-order chi connectivity index (χ1) is 17.2. The van der Waals surface area contributed by atoms with Gasteiger partial charge in [0, 0.05) is 18.3 Å². The summed E-state index contributed by atoms with van der Waals surface area (Å²) in [6.45, 7) is 1.39. The smallest absolute Gasteiger partial charge is 0.312 e. The Morgan fingerprint density at radius 2 is 1.84 bits per heavy atom. The standard InChI is InChI=1S/C24H22F6N4O2S/c1-16-13-33(15-31-16)21-9-4-17(12-22(21)37(26,27,28,29)30)11-18-3-2-10-34-23(18)32-36-24(34,14-35)19-5-7-20(25)8-6-19/h4-9,11-13,15,35H,2-3,10,14H2,1H3. The quantitative estimate of drug-likeness (QED) is 0.366. The number of aryl methyl sites for hydroxylation is 1. The van der Waals surface area contributed by atoms with Crippen LogP contribution in [0.15, 0.2) is 70.6 Å². The van der Waals surface area contributed by atoms with Crippen LogP contribution in [0.3, 0.4) is 0 Å². The molecule has 13 heteroatoms. The number of hydrogen-bond acceptors (Lipinski definition) is 5. The Labute approximate surface area is 208 Å². The predicted octanol–water partition coefficient (Wildman–Crippen LogP) is 6.65. The van der Waals surface area contributed by atoms with Crippen LogP contribution in [-0.4, -0.2) is 38.5 Å². The van der Waals surface area contributed by atoms with Crippen molar-refractivity contribution < 1.29 is 33.8 Å². The third-order valence-corrected chi connectivity index (χ3v) is 7.49. The van der Waals surface area contributed by atoms with E-state index in [1.54, 1.807) is 4.90 Å². The Hall–Kier alpha value is -3.45. The van der Waals surface area contributed by atoms with Gasteiger partial charge in [0.2, 0.25) is 0 Å². The lowest BCUT2D eigenvalue weighted by Gasteiger charge is -2.41. The molecule has 5 rings (SSSR count). The molecule has 0 amide bonds. The number of oxime groups is 1. The molecule has 2 aromatic carbocycles. The fraction of sp³-hybridized carbons (Fsp3) is 0.250. The first-order valence-corrected chi connectivity index (χ1v) is 13.2. The molecule has 1 unspecified atom stereocenters. The van der Waals surface area contributed by atoms with Gasteiger partial charge in [-0.2, -0.15) is 0 Å². The molecule has 0 saturated carbocycles. The van der Waals surface area contributed by atoms with E-state index in [0.29, 0.717) is 42.3 Å². The van der Waals surface area contributed by atoms with Crippen LogP contribution in [-0.2, 0) is 10.6 Å². The van der Waals surface area contributed by atoms with Gasteiger partial charge >= 0.3 is 10.2 Å². The minimum atomic E-state index is -10.1. The van der Waals surface area contributed by atoms with Gasteiger partial charge in [0.05, 0.1) is 17.7 Å². The highest BCUT2D eigenvalue weighted by Crippen LogP contribution is 3.02. The molecule has 1 aromatic heterocycles. The van der Waals surface area contributed by atoms with Gasteiger partial charge in [0.15, 0.2) is 5.84 Å². The molecule has 3 heterocycles. The second kappa shape index (κ2) is 7.78. The molecular formula is C24H22F6N4O2S. The molecule has 0 spiro atoms. The molecule has 0 bridgehead atoms. The Bertz CT molecular complexity index is 1440. The summed E-state index contributed by atoms with van der Waals surface area (Å²) in [6, 6.07) is 8.01. The number of rotatable bonds is 5. The topological polar surface area (TPSA) is 62.9 Å². The summed E-state index contributed by atoms with van der Waals surface area (Å²) >= 11 is 0. The molecule has 2 aliphatic rings. The molecule has 3 aromatic rings. The lowest BCUT2D eigenvalue weighted by Crippen LogP contribution is -2.51. The SMILES string of the molecule is Cc1cn(-c2ccc(C=C3CCCN4C3=NOC4(CO)c3ccc(F)cc3)cc2S(F)(F)(F)(F)F)cn1. The van der Waals surface area contributed by atoms with E-state index >= 15 is 0 Å². The van der Waals surface area contributed by atoms with E-state index in [0.717, 1.165) is 17.0 Å². The molecule has 1 saturated heterocycles. The molecule has 198 valence electrons. The molecule has 1 N–H and O–H groups in total. The van der Waals surface area contributed by atoms with Gasteiger partial charge in [-0.05, 0) is 73.4 Å². The highest BCUT2D eigenvalue weighted by molar-refractivity contribution is 8.45. The fourth-order valence-corrected chi connectivity index (χ4v) is 5.53. The number of aromatic nitrogens is 2. The molecule has 2 aliphatic heterocycles. The largest absolute Gasteiger partial charge is 0.390 e. The van der Waals surface area contributed by atoms with E-state index in [-0.39, 0.29) is 11.4 Å². The number of aliphatic hydroxyl groups excluding tert-OH is 1. The van der Waals surface area contributed by atoms with Crippen molar-refractivity contribution >= 4 is 22.1 Å². The monoisotopic (exact) mass is 544 g/mol. The summed E-state index contributed by atoms with van der Waals surface area (Å²) in [6.07, 6.45) is 4.54. The van der Waals surface area contributed by atoms with Crippen molar-refractivity contribution in [1.29, 1.82) is 0 Å². The van der Waals surface area contributed by atoms with Crippen LogP contribution in [0.25, 0.3) is 11.8 Å². The van der Waals surface area contributed by atoms with Crippen LogP contribution in [0.1, 0.15) is 29.7 Å². The van der Waals surface area contributed by atoms with Crippen LogP contribution in [0, 0.1) is 12.7 Å². The number of aliphatic hydroxyl groups is 1. The van der Waals surface area contributed by atoms with E-state index in [9.17, 15) is 28.9 Å². The lowest BCUT2D eigenvalue weighted by molar-refractivity contribution is -0.137. The zero-order valence-corrected chi connectivity index (χ0v) is 20.2. The number of halogens is 6. The highest BCUT2D eigenvalue weighted by Gasteiger charge is 2.67. The van der Waals surface area contributed by atoms with Crippen molar-refractivity contribution in [3.8, 4) is 5.69 Å². The minimum Gasteiger partial charge on any atom is -0.390 e. The zero-order valence-electron chi connectivity index (χ0n) is 19.4. The Kier molecular flexibility index (Phi) is 5.30. The maximum Gasteiger partial charge on any atom is 0.312 e. The van der Waals surface area contributed by atoms with E-state index in [2.05, 4.69) is 10.1 Å². The van der Waals surface area contributed by atoms with Gasteiger partial charge in [-0.1, -0.05) is 30.7 Å². The first-order valence-electron chi connectivity index (χ1n) is 11.2. The van der Waals surface area contributed by atoms with Gasteiger partial charge < -0.3 is 19.4 Å². The van der Waals surface area contributed by atoms with Crippen LogP contribution >= 0.6 is 10.2 Å². The summed E-state index contributed by atoms with van der Waals surface area (Å²) in [5, 5.41) is 14.3. The van der Waals surface area contributed by atoms with Crippen LogP contribution in [0.5, 0.6) is 0 Å². The van der Waals surface area contributed by atoms with Crippen LogP contribution < -0.4 is 0 Å². The number of fused-ring (bicyclic) bond motifs is 1.